The third-order valence-corrected chi connectivity index (χ3v) is 5.93. The fraction of sp³-hybridized carbons (Fsp3) is 0.308. The Balaban J connectivity index is 1.79. The Morgan fingerprint density at radius 2 is 1.70 bits per heavy atom. The van der Waals surface area contributed by atoms with Crippen LogP contribution in [0, 0.1) is 0 Å². The summed E-state index contributed by atoms with van der Waals surface area (Å²) in [6.07, 6.45) is 0.966. The van der Waals surface area contributed by atoms with Crippen molar-refractivity contribution in [1.82, 2.24) is 4.90 Å². The molecule has 0 aromatic heterocycles. The molecular formula is C26H29BrN2O4. The van der Waals surface area contributed by atoms with Gasteiger partial charge in [0.1, 0.15) is 28.6 Å². The van der Waals surface area contributed by atoms with E-state index in [1.165, 1.54) is 0 Å². The molecule has 6 nitrogen and oxygen atoms in total. The van der Waals surface area contributed by atoms with E-state index in [1.807, 2.05) is 73.6 Å². The molecule has 0 saturated heterocycles. The minimum Gasteiger partial charge on any atom is -0.495 e. The molecule has 0 fully saturated rings. The maximum atomic E-state index is 13.1. The number of aliphatic imine (C=N–C) groups is 1. The zero-order chi connectivity index (χ0) is 23.8. The molecule has 0 amide bonds. The summed E-state index contributed by atoms with van der Waals surface area (Å²) < 4.78 is 17.5. The molecule has 0 bridgehead atoms. The number of ether oxygens (including phenoxy) is 3. The molecule has 33 heavy (non-hydrogen) atoms. The maximum absolute atomic E-state index is 13.1. The highest BCUT2D eigenvalue weighted by Gasteiger charge is 2.21. The fourth-order valence-electron chi connectivity index (χ4n) is 3.39. The lowest BCUT2D eigenvalue weighted by atomic mass is 10.0. The van der Waals surface area contributed by atoms with Crippen LogP contribution < -0.4 is 9.47 Å². The zero-order valence-corrected chi connectivity index (χ0v) is 21.0. The number of likely N-dealkylation sites (N-methyl/N-ethyl adjacent to an activating group) is 1. The van der Waals surface area contributed by atoms with E-state index >= 15 is 0 Å². The molecule has 0 aliphatic rings. The summed E-state index contributed by atoms with van der Waals surface area (Å²) in [5.41, 5.74) is 1.61. The Labute approximate surface area is 203 Å². The van der Waals surface area contributed by atoms with E-state index in [0.717, 1.165) is 32.9 Å². The minimum absolute atomic E-state index is 0.000151. The normalized spacial score (nSPS) is 12.4. The van der Waals surface area contributed by atoms with Gasteiger partial charge in [-0.25, -0.2) is 0 Å². The summed E-state index contributed by atoms with van der Waals surface area (Å²) in [7, 11) is 7.12. The van der Waals surface area contributed by atoms with Gasteiger partial charge in [0.2, 0.25) is 0 Å². The van der Waals surface area contributed by atoms with Gasteiger partial charge in [-0.15, -0.1) is 0 Å². The van der Waals surface area contributed by atoms with Crippen molar-refractivity contribution >= 4 is 38.7 Å². The van der Waals surface area contributed by atoms with Gasteiger partial charge < -0.3 is 19.1 Å². The Morgan fingerprint density at radius 1 is 1.03 bits per heavy atom. The molecule has 0 radical (unpaired) electrons. The first kappa shape index (κ1) is 24.9. The fourth-order valence-corrected chi connectivity index (χ4v) is 3.94. The van der Waals surface area contributed by atoms with Crippen LogP contribution in [-0.4, -0.2) is 64.9 Å². The van der Waals surface area contributed by atoms with Crippen LogP contribution in [0.3, 0.4) is 0 Å². The van der Waals surface area contributed by atoms with Crippen molar-refractivity contribution in [3.8, 4) is 11.5 Å². The van der Waals surface area contributed by atoms with Crippen LogP contribution in [0.1, 0.15) is 17.2 Å². The molecule has 3 aromatic carbocycles. The van der Waals surface area contributed by atoms with Crippen LogP contribution in [0.2, 0.25) is 0 Å². The molecular weight excluding hydrogens is 484 g/mol. The van der Waals surface area contributed by atoms with Crippen molar-refractivity contribution in [2.24, 2.45) is 4.99 Å². The number of carbonyl (C=O) groups is 1. The van der Waals surface area contributed by atoms with Crippen LogP contribution in [0.15, 0.2) is 64.1 Å². The lowest BCUT2D eigenvalue weighted by Crippen LogP contribution is -2.24. The number of benzene rings is 3. The second kappa shape index (κ2) is 11.9. The van der Waals surface area contributed by atoms with Crippen LogP contribution in [0.25, 0.3) is 10.8 Å². The van der Waals surface area contributed by atoms with Crippen LogP contribution in [0.4, 0.5) is 0 Å². The SMILES string of the molecule is COc1cc(C=NCC(=O)C(OCCN(C)C)c2ccc3ccccc3c2)cc(OC)c1Br. The lowest BCUT2D eigenvalue weighted by molar-refractivity contribution is -0.129. The number of halogens is 1. The van der Waals surface area contributed by atoms with Gasteiger partial charge in [-0.3, -0.25) is 9.79 Å². The molecule has 7 heteroatoms. The highest BCUT2D eigenvalue weighted by molar-refractivity contribution is 9.10. The molecule has 0 saturated carbocycles. The van der Waals surface area contributed by atoms with E-state index in [9.17, 15) is 4.79 Å². The molecule has 0 heterocycles. The maximum Gasteiger partial charge on any atom is 0.187 e. The Hall–Kier alpha value is -2.74. The van der Waals surface area contributed by atoms with E-state index in [4.69, 9.17) is 14.2 Å². The van der Waals surface area contributed by atoms with Gasteiger partial charge in [-0.2, -0.15) is 0 Å². The topological polar surface area (TPSA) is 60.4 Å². The first-order valence-electron chi connectivity index (χ1n) is 10.6. The Bertz CT molecular complexity index is 1110. The van der Waals surface area contributed by atoms with Crippen molar-refractivity contribution in [3.05, 3.63) is 70.2 Å². The summed E-state index contributed by atoms with van der Waals surface area (Å²) in [5.74, 6) is 1.16. The van der Waals surface area contributed by atoms with Gasteiger partial charge in [0.25, 0.3) is 0 Å². The summed E-state index contributed by atoms with van der Waals surface area (Å²) in [6, 6.07) is 17.7. The average Bonchev–Trinajstić information content (AvgIpc) is 2.82. The molecule has 0 N–H and O–H groups in total. The van der Waals surface area contributed by atoms with Crippen molar-refractivity contribution < 1.29 is 19.0 Å². The number of Topliss-reactive ketones (excluding diaryl/α,β-unsaturated/α-hetero) is 1. The van der Waals surface area contributed by atoms with Gasteiger partial charge in [0.05, 0.1) is 20.8 Å². The Kier molecular flexibility index (Phi) is 9.00. The van der Waals surface area contributed by atoms with Gasteiger partial charge in [-0.05, 0) is 70.1 Å². The quantitative estimate of drug-likeness (QED) is 0.341. The first-order chi connectivity index (χ1) is 15.9. The molecule has 3 rings (SSSR count). The van der Waals surface area contributed by atoms with Gasteiger partial charge in [-0.1, -0.05) is 36.4 Å². The first-order valence-corrected chi connectivity index (χ1v) is 11.4. The van der Waals surface area contributed by atoms with E-state index in [2.05, 4.69) is 20.9 Å². The number of hydrogen-bond acceptors (Lipinski definition) is 6. The van der Waals surface area contributed by atoms with Gasteiger partial charge in [0, 0.05) is 12.8 Å². The third-order valence-electron chi connectivity index (χ3n) is 5.15. The molecule has 1 atom stereocenters. The summed E-state index contributed by atoms with van der Waals surface area (Å²) in [5, 5.41) is 2.19. The highest BCUT2D eigenvalue weighted by Crippen LogP contribution is 2.35. The van der Waals surface area contributed by atoms with E-state index in [1.54, 1.807) is 20.4 Å². The van der Waals surface area contributed by atoms with Crippen LogP contribution >= 0.6 is 15.9 Å². The predicted octanol–water partition coefficient (Wildman–Crippen LogP) is 4.93. The Morgan fingerprint density at radius 3 is 2.33 bits per heavy atom. The average molecular weight is 513 g/mol. The van der Waals surface area contributed by atoms with E-state index in [-0.39, 0.29) is 12.3 Å². The van der Waals surface area contributed by atoms with E-state index < -0.39 is 6.10 Å². The number of hydrogen-bond donors (Lipinski definition) is 0. The number of nitrogens with zero attached hydrogens (tertiary/aromatic N) is 2. The second-order valence-corrected chi connectivity index (χ2v) is 8.63. The molecule has 1 unspecified atom stereocenters. The van der Waals surface area contributed by atoms with Gasteiger partial charge >= 0.3 is 0 Å². The number of fused-ring (bicyclic) bond motifs is 1. The van der Waals surface area contributed by atoms with E-state index in [0.29, 0.717) is 18.1 Å². The van der Waals surface area contributed by atoms with Crippen molar-refractivity contribution in [2.45, 2.75) is 6.10 Å². The number of rotatable bonds is 11. The minimum atomic E-state index is -0.680. The summed E-state index contributed by atoms with van der Waals surface area (Å²) >= 11 is 3.45. The second-order valence-electron chi connectivity index (χ2n) is 7.84. The van der Waals surface area contributed by atoms with Crippen molar-refractivity contribution in [1.29, 1.82) is 0 Å². The number of methoxy groups -OCH3 is 2. The van der Waals surface area contributed by atoms with Crippen LogP contribution in [0.5, 0.6) is 11.5 Å². The zero-order valence-electron chi connectivity index (χ0n) is 19.4. The molecule has 0 spiro atoms. The van der Waals surface area contributed by atoms with Gasteiger partial charge in [0.15, 0.2) is 5.78 Å². The molecule has 0 aliphatic heterocycles. The monoisotopic (exact) mass is 512 g/mol. The van der Waals surface area contributed by atoms with Crippen LogP contribution in [-0.2, 0) is 9.53 Å². The van der Waals surface area contributed by atoms with Crippen molar-refractivity contribution in [3.63, 3.8) is 0 Å². The standard InChI is InChI=1S/C26H29BrN2O4/c1-29(2)11-12-33-26(21-10-9-19-7-5-6-8-20(19)15-21)22(30)17-28-16-18-13-23(31-3)25(27)24(14-18)32-4/h5-10,13-16,26H,11-12,17H2,1-4H3. The molecule has 3 aromatic rings. The molecule has 174 valence electrons. The number of carbonyl (C=O) groups excluding carboxylic acids is 1. The largest absolute Gasteiger partial charge is 0.495 e. The lowest BCUT2D eigenvalue weighted by Gasteiger charge is -2.19. The predicted molar refractivity (Wildman–Crippen MR) is 136 cm³/mol. The smallest absolute Gasteiger partial charge is 0.187 e. The summed E-state index contributed by atoms with van der Waals surface area (Å²) in [4.78, 5) is 19.5. The van der Waals surface area contributed by atoms with Crippen molar-refractivity contribution in [2.75, 3.05) is 48.0 Å². The highest BCUT2D eigenvalue weighted by atomic mass is 79.9. The third kappa shape index (κ3) is 6.63. The molecule has 0 aliphatic carbocycles. The number of ketones is 1. The summed E-state index contributed by atoms with van der Waals surface area (Å²) in [6.45, 7) is 1.17.